The van der Waals surface area contributed by atoms with Crippen LogP contribution in [0.2, 0.25) is 5.02 Å². The Morgan fingerprint density at radius 1 is 1.60 bits per heavy atom. The Balaban J connectivity index is 3.38. The molecule has 3 nitrogen and oxygen atoms in total. The predicted molar refractivity (Wildman–Crippen MR) is 50.9 cm³/mol. The first-order valence-corrected chi connectivity index (χ1v) is 4.45. The van der Waals surface area contributed by atoms with Crippen molar-refractivity contribution in [3.8, 4) is 5.88 Å². The molecule has 82 valence electrons. The van der Waals surface area contributed by atoms with E-state index in [4.69, 9.17) is 23.2 Å². The number of pyridine rings is 1. The lowest BCUT2D eigenvalue weighted by atomic mass is 10.2. The van der Waals surface area contributed by atoms with Gasteiger partial charge in [0.05, 0.1) is 12.7 Å². The van der Waals surface area contributed by atoms with Crippen LogP contribution in [0.4, 0.5) is 8.78 Å². The van der Waals surface area contributed by atoms with Crippen LogP contribution in [0.5, 0.6) is 5.88 Å². The van der Waals surface area contributed by atoms with Gasteiger partial charge in [-0.1, -0.05) is 11.6 Å². The van der Waals surface area contributed by atoms with Gasteiger partial charge in [-0.25, -0.2) is 13.8 Å². The van der Waals surface area contributed by atoms with E-state index >= 15 is 0 Å². The van der Waals surface area contributed by atoms with E-state index in [2.05, 4.69) is 9.72 Å². The molecule has 7 heteroatoms. The molecule has 0 aromatic carbocycles. The molecule has 1 aromatic heterocycles. The highest BCUT2D eigenvalue weighted by atomic mass is 35.5. The van der Waals surface area contributed by atoms with Gasteiger partial charge in [0.2, 0.25) is 5.88 Å². The highest BCUT2D eigenvalue weighted by Crippen LogP contribution is 2.31. The van der Waals surface area contributed by atoms with Gasteiger partial charge >= 0.3 is 0 Å². The summed E-state index contributed by atoms with van der Waals surface area (Å²) in [5, 5.41) is -1.12. The van der Waals surface area contributed by atoms with E-state index in [1.807, 2.05) is 0 Å². The molecule has 1 heterocycles. The van der Waals surface area contributed by atoms with Crippen molar-refractivity contribution in [3.05, 3.63) is 22.3 Å². The zero-order chi connectivity index (χ0) is 11.6. The Kier molecular flexibility index (Phi) is 3.82. The topological polar surface area (TPSA) is 39.2 Å². The summed E-state index contributed by atoms with van der Waals surface area (Å²) in [6.07, 6.45) is -2.83. The standard InChI is InChI=1S/C8H5Cl2F2NO2/c1-15-8-5(9)3(6(10)14)2-4(13-8)7(11)12/h2,7H,1H3. The first kappa shape index (κ1) is 12.1. The van der Waals surface area contributed by atoms with Gasteiger partial charge in [-0.3, -0.25) is 4.79 Å². The number of methoxy groups -OCH3 is 1. The molecule has 0 amide bonds. The molecule has 1 rings (SSSR count). The first-order chi connectivity index (χ1) is 6.97. The van der Waals surface area contributed by atoms with Crippen LogP contribution in [0.25, 0.3) is 0 Å². The maximum Gasteiger partial charge on any atom is 0.280 e. The minimum Gasteiger partial charge on any atom is -0.480 e. The van der Waals surface area contributed by atoms with E-state index < -0.39 is 17.4 Å². The van der Waals surface area contributed by atoms with Crippen molar-refractivity contribution < 1.29 is 18.3 Å². The molecular weight excluding hydrogens is 251 g/mol. The van der Waals surface area contributed by atoms with Gasteiger partial charge in [-0.2, -0.15) is 0 Å². The second-order valence-electron chi connectivity index (χ2n) is 2.49. The molecule has 0 radical (unpaired) electrons. The third kappa shape index (κ3) is 2.54. The molecule has 0 saturated heterocycles. The number of nitrogens with zero attached hydrogens (tertiary/aromatic N) is 1. The molecule has 0 aliphatic heterocycles. The molecule has 0 aliphatic rings. The average molecular weight is 256 g/mol. The Morgan fingerprint density at radius 2 is 2.20 bits per heavy atom. The molecule has 15 heavy (non-hydrogen) atoms. The Hall–Kier alpha value is -0.940. The summed E-state index contributed by atoms with van der Waals surface area (Å²) in [7, 11) is 1.20. The van der Waals surface area contributed by atoms with Crippen LogP contribution < -0.4 is 4.74 Å². The molecule has 1 aromatic rings. The van der Waals surface area contributed by atoms with Crippen molar-refractivity contribution in [1.82, 2.24) is 4.98 Å². The minimum atomic E-state index is -2.83. The largest absolute Gasteiger partial charge is 0.480 e. The van der Waals surface area contributed by atoms with E-state index in [9.17, 15) is 13.6 Å². The lowest BCUT2D eigenvalue weighted by molar-refractivity contribution is 0.108. The molecule has 0 atom stereocenters. The van der Waals surface area contributed by atoms with Gasteiger partial charge in [-0.15, -0.1) is 0 Å². The number of ether oxygens (including phenoxy) is 1. The van der Waals surface area contributed by atoms with Crippen LogP contribution in [0, 0.1) is 0 Å². The first-order valence-electron chi connectivity index (χ1n) is 3.69. The highest BCUT2D eigenvalue weighted by molar-refractivity contribution is 6.68. The molecule has 0 bridgehead atoms. The Bertz CT molecular complexity index is 398. The fourth-order valence-electron chi connectivity index (χ4n) is 0.915. The molecule has 0 unspecified atom stereocenters. The summed E-state index contributed by atoms with van der Waals surface area (Å²) in [5.41, 5.74) is -0.860. The molecule has 0 N–H and O–H groups in total. The SMILES string of the molecule is COc1nc(C(F)F)cc(C(=O)Cl)c1Cl. The van der Waals surface area contributed by atoms with E-state index in [1.54, 1.807) is 0 Å². The third-order valence-corrected chi connectivity index (χ3v) is 2.14. The van der Waals surface area contributed by atoms with E-state index in [0.29, 0.717) is 0 Å². The fraction of sp³-hybridized carbons (Fsp3) is 0.250. The van der Waals surface area contributed by atoms with Crippen LogP contribution in [-0.2, 0) is 0 Å². The molecule has 0 fully saturated rings. The van der Waals surface area contributed by atoms with Gasteiger partial charge in [0.15, 0.2) is 0 Å². The number of carbonyl (C=O) groups is 1. The van der Waals surface area contributed by atoms with Gasteiger partial charge in [-0.05, 0) is 17.7 Å². The highest BCUT2D eigenvalue weighted by Gasteiger charge is 2.19. The normalized spacial score (nSPS) is 10.5. The summed E-state index contributed by atoms with van der Waals surface area (Å²) in [6.45, 7) is 0. The third-order valence-electron chi connectivity index (χ3n) is 1.58. The lowest BCUT2D eigenvalue weighted by Gasteiger charge is -2.07. The lowest BCUT2D eigenvalue weighted by Crippen LogP contribution is -2.01. The van der Waals surface area contributed by atoms with E-state index in [-0.39, 0.29) is 16.5 Å². The number of carbonyl (C=O) groups excluding carboxylic acids is 1. The number of rotatable bonds is 3. The molecule has 0 saturated carbocycles. The second kappa shape index (κ2) is 4.72. The molecular formula is C8H5Cl2F2NO2. The maximum absolute atomic E-state index is 12.3. The van der Waals surface area contributed by atoms with Crippen molar-refractivity contribution in [1.29, 1.82) is 0 Å². The number of hydrogen-bond acceptors (Lipinski definition) is 3. The zero-order valence-electron chi connectivity index (χ0n) is 7.43. The van der Waals surface area contributed by atoms with Crippen LogP contribution in [0.3, 0.4) is 0 Å². The predicted octanol–water partition coefficient (Wildman–Crippen LogP) is 3.06. The van der Waals surface area contributed by atoms with Crippen molar-refractivity contribution in [3.63, 3.8) is 0 Å². The summed E-state index contributed by atoms with van der Waals surface area (Å²) >= 11 is 10.8. The van der Waals surface area contributed by atoms with Gasteiger partial charge in [0.1, 0.15) is 10.7 Å². The Labute approximate surface area is 94.0 Å². The van der Waals surface area contributed by atoms with E-state index in [0.717, 1.165) is 6.07 Å². The summed E-state index contributed by atoms with van der Waals surface area (Å²) in [6, 6.07) is 0.838. The van der Waals surface area contributed by atoms with Crippen molar-refractivity contribution in [2.75, 3.05) is 7.11 Å². The summed E-state index contributed by atoms with van der Waals surface area (Å²) in [4.78, 5) is 14.3. The van der Waals surface area contributed by atoms with Crippen LogP contribution in [0.1, 0.15) is 22.5 Å². The Morgan fingerprint density at radius 3 is 2.60 bits per heavy atom. The van der Waals surface area contributed by atoms with Crippen LogP contribution >= 0.6 is 23.2 Å². The number of halogens is 4. The zero-order valence-corrected chi connectivity index (χ0v) is 8.94. The van der Waals surface area contributed by atoms with Gasteiger partial charge in [0.25, 0.3) is 11.7 Å². The number of alkyl halides is 2. The summed E-state index contributed by atoms with van der Waals surface area (Å²) in [5.74, 6) is -0.251. The smallest absolute Gasteiger partial charge is 0.280 e. The quantitative estimate of drug-likeness (QED) is 0.780. The van der Waals surface area contributed by atoms with Crippen LogP contribution in [-0.4, -0.2) is 17.3 Å². The minimum absolute atomic E-state index is 0.179. The van der Waals surface area contributed by atoms with Crippen LogP contribution in [0.15, 0.2) is 6.07 Å². The van der Waals surface area contributed by atoms with Crippen molar-refractivity contribution in [2.45, 2.75) is 6.43 Å². The average Bonchev–Trinajstić information content (AvgIpc) is 2.17. The fourth-order valence-corrected chi connectivity index (χ4v) is 1.37. The number of aromatic nitrogens is 1. The van der Waals surface area contributed by atoms with Crippen molar-refractivity contribution >= 4 is 28.4 Å². The van der Waals surface area contributed by atoms with Gasteiger partial charge in [0, 0.05) is 0 Å². The van der Waals surface area contributed by atoms with Crippen molar-refractivity contribution in [2.24, 2.45) is 0 Å². The molecule has 0 aliphatic carbocycles. The monoisotopic (exact) mass is 255 g/mol. The maximum atomic E-state index is 12.3. The number of hydrogen-bond donors (Lipinski definition) is 0. The summed E-state index contributed by atoms with van der Waals surface area (Å²) < 4.78 is 29.3. The molecule has 0 spiro atoms. The van der Waals surface area contributed by atoms with Gasteiger partial charge < -0.3 is 4.74 Å². The van der Waals surface area contributed by atoms with E-state index in [1.165, 1.54) is 7.11 Å². The second-order valence-corrected chi connectivity index (χ2v) is 3.21.